The van der Waals surface area contributed by atoms with Gasteiger partial charge in [0, 0.05) is 6.07 Å². The number of rotatable bonds is 7. The van der Waals surface area contributed by atoms with E-state index in [2.05, 4.69) is 0 Å². The quantitative estimate of drug-likeness (QED) is 0.778. The average Bonchev–Trinajstić information content (AvgIpc) is 2.33. The van der Waals surface area contributed by atoms with E-state index in [0.717, 1.165) is 0 Å². The third kappa shape index (κ3) is 5.44. The van der Waals surface area contributed by atoms with E-state index in [1.165, 1.54) is 18.2 Å². The molecule has 0 aliphatic rings. The first kappa shape index (κ1) is 14.9. The lowest BCUT2D eigenvalue weighted by molar-refractivity contribution is -0.0123. The molecule has 2 N–H and O–H groups in total. The molecule has 0 saturated carbocycles. The number of benzene rings is 1. The SMILES string of the molecule is CC(C)OCC(O)COc1cc(F)cc(CO)c1. The van der Waals surface area contributed by atoms with E-state index >= 15 is 0 Å². The van der Waals surface area contributed by atoms with E-state index in [-0.39, 0.29) is 31.7 Å². The summed E-state index contributed by atoms with van der Waals surface area (Å²) in [5, 5.41) is 18.5. The highest BCUT2D eigenvalue weighted by Gasteiger charge is 2.08. The molecular weight excluding hydrogens is 239 g/mol. The molecule has 0 amide bonds. The van der Waals surface area contributed by atoms with Gasteiger partial charge in [0.2, 0.25) is 0 Å². The Morgan fingerprint density at radius 2 is 1.94 bits per heavy atom. The van der Waals surface area contributed by atoms with Crippen molar-refractivity contribution in [3.05, 3.63) is 29.6 Å². The van der Waals surface area contributed by atoms with Crippen LogP contribution in [0.3, 0.4) is 0 Å². The smallest absolute Gasteiger partial charge is 0.127 e. The zero-order valence-corrected chi connectivity index (χ0v) is 10.6. The van der Waals surface area contributed by atoms with Crippen molar-refractivity contribution in [3.8, 4) is 5.75 Å². The van der Waals surface area contributed by atoms with Crippen LogP contribution >= 0.6 is 0 Å². The number of hydrogen-bond donors (Lipinski definition) is 2. The molecule has 0 fully saturated rings. The summed E-state index contributed by atoms with van der Waals surface area (Å²) in [5.74, 6) is -0.202. The maximum absolute atomic E-state index is 13.1. The largest absolute Gasteiger partial charge is 0.491 e. The minimum atomic E-state index is -0.770. The van der Waals surface area contributed by atoms with Crippen LogP contribution in [0, 0.1) is 5.82 Å². The Labute approximate surface area is 106 Å². The Hall–Kier alpha value is -1.17. The van der Waals surface area contributed by atoms with Crippen molar-refractivity contribution in [1.29, 1.82) is 0 Å². The zero-order chi connectivity index (χ0) is 13.5. The number of aliphatic hydroxyl groups excluding tert-OH is 2. The second-order valence-electron chi connectivity index (χ2n) is 4.30. The predicted molar refractivity (Wildman–Crippen MR) is 64.9 cm³/mol. The van der Waals surface area contributed by atoms with Gasteiger partial charge in [0.05, 0.1) is 19.3 Å². The van der Waals surface area contributed by atoms with Crippen LogP contribution in [-0.2, 0) is 11.3 Å². The highest BCUT2D eigenvalue weighted by molar-refractivity contribution is 5.29. The van der Waals surface area contributed by atoms with Crippen LogP contribution in [0.1, 0.15) is 19.4 Å². The summed E-state index contributed by atoms with van der Waals surface area (Å²) in [4.78, 5) is 0. The highest BCUT2D eigenvalue weighted by Crippen LogP contribution is 2.16. The normalized spacial score (nSPS) is 12.8. The van der Waals surface area contributed by atoms with Crippen molar-refractivity contribution in [3.63, 3.8) is 0 Å². The van der Waals surface area contributed by atoms with Crippen molar-refractivity contribution in [2.45, 2.75) is 32.7 Å². The van der Waals surface area contributed by atoms with Gasteiger partial charge in [-0.1, -0.05) is 0 Å². The molecule has 0 heterocycles. The van der Waals surface area contributed by atoms with Crippen LogP contribution in [0.5, 0.6) is 5.75 Å². The third-order valence-electron chi connectivity index (χ3n) is 2.18. The third-order valence-corrected chi connectivity index (χ3v) is 2.18. The van der Waals surface area contributed by atoms with Gasteiger partial charge in [-0.2, -0.15) is 0 Å². The summed E-state index contributed by atoms with van der Waals surface area (Å²) in [6.07, 6.45) is -0.733. The number of hydrogen-bond acceptors (Lipinski definition) is 4. The summed E-state index contributed by atoms with van der Waals surface area (Å²) in [7, 11) is 0. The van der Waals surface area contributed by atoms with Crippen LogP contribution in [0.15, 0.2) is 18.2 Å². The fraction of sp³-hybridized carbons (Fsp3) is 0.538. The van der Waals surface area contributed by atoms with Crippen LogP contribution < -0.4 is 4.74 Å². The van der Waals surface area contributed by atoms with Gasteiger partial charge in [-0.15, -0.1) is 0 Å². The molecule has 1 aromatic rings. The molecule has 0 spiro atoms. The molecule has 1 unspecified atom stereocenters. The fourth-order valence-corrected chi connectivity index (χ4v) is 1.34. The maximum Gasteiger partial charge on any atom is 0.127 e. The molecule has 5 heteroatoms. The number of halogens is 1. The first-order valence-corrected chi connectivity index (χ1v) is 5.84. The van der Waals surface area contributed by atoms with Crippen molar-refractivity contribution >= 4 is 0 Å². The van der Waals surface area contributed by atoms with E-state index < -0.39 is 11.9 Å². The molecule has 0 bridgehead atoms. The molecule has 0 aliphatic carbocycles. The summed E-state index contributed by atoms with van der Waals surface area (Å²) < 4.78 is 23.6. The van der Waals surface area contributed by atoms with Crippen molar-refractivity contribution in [1.82, 2.24) is 0 Å². The van der Waals surface area contributed by atoms with Gasteiger partial charge < -0.3 is 19.7 Å². The Balaban J connectivity index is 2.45. The summed E-state index contributed by atoms with van der Waals surface area (Å²) in [6, 6.07) is 3.96. The second-order valence-corrected chi connectivity index (χ2v) is 4.30. The van der Waals surface area contributed by atoms with E-state index in [1.807, 2.05) is 13.8 Å². The summed E-state index contributed by atoms with van der Waals surface area (Å²) in [5.41, 5.74) is 0.429. The molecule has 4 nitrogen and oxygen atoms in total. The van der Waals surface area contributed by atoms with E-state index in [0.29, 0.717) is 5.56 Å². The highest BCUT2D eigenvalue weighted by atomic mass is 19.1. The zero-order valence-electron chi connectivity index (χ0n) is 10.6. The standard InChI is InChI=1S/C13H19FO4/c1-9(2)17-7-12(16)8-18-13-4-10(6-15)3-11(14)5-13/h3-5,9,12,15-16H,6-8H2,1-2H3. The predicted octanol–water partition coefficient (Wildman–Crippen LogP) is 1.48. The summed E-state index contributed by atoms with van der Waals surface area (Å²) >= 11 is 0. The van der Waals surface area contributed by atoms with Crippen molar-refractivity contribution in [2.24, 2.45) is 0 Å². The van der Waals surface area contributed by atoms with E-state index in [4.69, 9.17) is 14.6 Å². The molecule has 1 rings (SSSR count). The van der Waals surface area contributed by atoms with Gasteiger partial charge >= 0.3 is 0 Å². The average molecular weight is 258 g/mol. The Bertz CT molecular complexity index is 368. The fourth-order valence-electron chi connectivity index (χ4n) is 1.34. The molecule has 0 radical (unpaired) electrons. The Morgan fingerprint density at radius 1 is 1.22 bits per heavy atom. The first-order valence-electron chi connectivity index (χ1n) is 5.84. The minimum Gasteiger partial charge on any atom is -0.491 e. The van der Waals surface area contributed by atoms with Crippen LogP contribution in [-0.4, -0.2) is 35.6 Å². The molecule has 102 valence electrons. The molecule has 0 aromatic heterocycles. The van der Waals surface area contributed by atoms with Gasteiger partial charge in [0.25, 0.3) is 0 Å². The lowest BCUT2D eigenvalue weighted by atomic mass is 10.2. The number of ether oxygens (including phenoxy) is 2. The summed E-state index contributed by atoms with van der Waals surface area (Å²) in [6.45, 7) is 3.66. The lowest BCUT2D eigenvalue weighted by Gasteiger charge is -2.14. The number of aliphatic hydroxyl groups is 2. The Kier molecular flexibility index (Phi) is 6.04. The second kappa shape index (κ2) is 7.31. The van der Waals surface area contributed by atoms with Crippen LogP contribution in [0.25, 0.3) is 0 Å². The molecular formula is C13H19FO4. The monoisotopic (exact) mass is 258 g/mol. The maximum atomic E-state index is 13.1. The molecule has 18 heavy (non-hydrogen) atoms. The van der Waals surface area contributed by atoms with Crippen molar-refractivity contribution < 1.29 is 24.1 Å². The molecule has 0 saturated heterocycles. The first-order chi connectivity index (χ1) is 8.51. The van der Waals surface area contributed by atoms with Gasteiger partial charge in [-0.3, -0.25) is 0 Å². The van der Waals surface area contributed by atoms with E-state index in [1.54, 1.807) is 0 Å². The Morgan fingerprint density at radius 3 is 2.56 bits per heavy atom. The van der Waals surface area contributed by atoms with Gasteiger partial charge in [-0.25, -0.2) is 4.39 Å². The molecule has 1 atom stereocenters. The van der Waals surface area contributed by atoms with Crippen molar-refractivity contribution in [2.75, 3.05) is 13.2 Å². The van der Waals surface area contributed by atoms with Crippen LogP contribution in [0.2, 0.25) is 0 Å². The van der Waals surface area contributed by atoms with Gasteiger partial charge in [0.1, 0.15) is 24.3 Å². The van der Waals surface area contributed by atoms with Crippen LogP contribution in [0.4, 0.5) is 4.39 Å². The minimum absolute atomic E-state index is 0.0149. The molecule has 0 aliphatic heterocycles. The molecule has 1 aromatic carbocycles. The van der Waals surface area contributed by atoms with E-state index in [9.17, 15) is 9.50 Å². The van der Waals surface area contributed by atoms with Gasteiger partial charge in [-0.05, 0) is 31.5 Å². The van der Waals surface area contributed by atoms with Gasteiger partial charge in [0.15, 0.2) is 0 Å². The lowest BCUT2D eigenvalue weighted by Crippen LogP contribution is -2.25. The topological polar surface area (TPSA) is 58.9 Å².